The van der Waals surface area contributed by atoms with Gasteiger partial charge in [-0.1, -0.05) is 20.8 Å². The van der Waals surface area contributed by atoms with E-state index in [2.05, 4.69) is 20.8 Å². The van der Waals surface area contributed by atoms with Crippen LogP contribution in [0.25, 0.3) is 0 Å². The van der Waals surface area contributed by atoms with E-state index >= 15 is 0 Å². The minimum atomic E-state index is -0.440. The molecule has 1 rings (SSSR count). The van der Waals surface area contributed by atoms with Gasteiger partial charge in [0.25, 0.3) is 0 Å². The monoisotopic (exact) mass is 240 g/mol. The molecule has 0 aliphatic carbocycles. The maximum absolute atomic E-state index is 11.3. The van der Waals surface area contributed by atoms with Crippen molar-refractivity contribution in [3.8, 4) is 0 Å². The quantitative estimate of drug-likeness (QED) is 0.356. The first kappa shape index (κ1) is 13.7. The molecule has 0 aliphatic rings. The van der Waals surface area contributed by atoms with Crippen molar-refractivity contribution in [3.63, 3.8) is 0 Å². The van der Waals surface area contributed by atoms with Crippen molar-refractivity contribution >= 4 is 5.91 Å². The van der Waals surface area contributed by atoms with Crippen molar-refractivity contribution < 1.29 is 13.9 Å². The number of carbonyl (C=O) groups excluding carboxylic acids is 1. The average molecular weight is 240 g/mol. The summed E-state index contributed by atoms with van der Waals surface area (Å²) in [5.74, 6) is 4.81. The molecule has 1 aromatic rings. The molecule has 0 saturated carbocycles. The fourth-order valence-corrected chi connectivity index (χ4v) is 1.27. The molecule has 5 nitrogen and oxygen atoms in total. The van der Waals surface area contributed by atoms with Crippen LogP contribution in [0.2, 0.25) is 0 Å². The number of nitrogen functional groups attached to an aromatic ring is 1. The normalized spacial score (nSPS) is 11.5. The third-order valence-corrected chi connectivity index (χ3v) is 2.34. The van der Waals surface area contributed by atoms with E-state index in [0.717, 1.165) is 6.42 Å². The number of carbonyl (C=O) groups is 1. The number of nitrogens with two attached hydrogens (primary N) is 1. The zero-order valence-corrected chi connectivity index (χ0v) is 10.6. The van der Waals surface area contributed by atoms with Gasteiger partial charge in [0.2, 0.25) is 0 Å². The summed E-state index contributed by atoms with van der Waals surface area (Å²) in [6.07, 6.45) is 2.41. The highest BCUT2D eigenvalue weighted by atomic mass is 16.5. The molecule has 0 aliphatic heterocycles. The highest BCUT2D eigenvalue weighted by molar-refractivity contribution is 5.92. The van der Waals surface area contributed by atoms with Crippen LogP contribution in [0.1, 0.15) is 43.3 Å². The summed E-state index contributed by atoms with van der Waals surface area (Å²) in [4.78, 5) is 11.3. The Labute approximate surface area is 101 Å². The van der Waals surface area contributed by atoms with Gasteiger partial charge < -0.3 is 9.15 Å². The third-order valence-electron chi connectivity index (χ3n) is 2.34. The zero-order chi connectivity index (χ0) is 12.9. The predicted molar refractivity (Wildman–Crippen MR) is 64.1 cm³/mol. The van der Waals surface area contributed by atoms with E-state index in [-0.39, 0.29) is 11.2 Å². The number of amides is 1. The standard InChI is InChI=1S/C12H20N2O3/c1-12(2,3)5-7-16-8-9-4-6-17-10(9)11(15)14-13/h4,6H,5,7-8,13H2,1-3H3,(H,14,15). The molecule has 0 saturated heterocycles. The predicted octanol–water partition coefficient (Wildman–Crippen LogP) is 1.84. The Kier molecular flexibility index (Phi) is 4.72. The lowest BCUT2D eigenvalue weighted by Crippen LogP contribution is -2.30. The minimum absolute atomic E-state index is 0.211. The van der Waals surface area contributed by atoms with Gasteiger partial charge in [0.05, 0.1) is 12.9 Å². The first-order valence-electron chi connectivity index (χ1n) is 5.59. The smallest absolute Gasteiger partial charge is 0.301 e. The van der Waals surface area contributed by atoms with Crippen LogP contribution in [0.15, 0.2) is 16.7 Å². The van der Waals surface area contributed by atoms with Crippen molar-refractivity contribution in [3.05, 3.63) is 23.7 Å². The third kappa shape index (κ3) is 4.58. The Morgan fingerprint density at radius 3 is 2.82 bits per heavy atom. The summed E-state index contributed by atoms with van der Waals surface area (Å²) in [6, 6.07) is 1.71. The average Bonchev–Trinajstić information content (AvgIpc) is 2.70. The molecule has 0 aromatic carbocycles. The Morgan fingerprint density at radius 2 is 2.24 bits per heavy atom. The molecule has 5 heteroatoms. The first-order valence-corrected chi connectivity index (χ1v) is 5.59. The van der Waals surface area contributed by atoms with Gasteiger partial charge in [0.1, 0.15) is 0 Å². The highest BCUT2D eigenvalue weighted by Gasteiger charge is 2.15. The number of hydrazine groups is 1. The second-order valence-electron chi connectivity index (χ2n) is 5.11. The summed E-state index contributed by atoms with van der Waals surface area (Å²) in [5.41, 5.74) is 2.99. The van der Waals surface area contributed by atoms with Gasteiger partial charge in [-0.3, -0.25) is 10.2 Å². The molecule has 0 spiro atoms. The largest absolute Gasteiger partial charge is 0.459 e. The molecule has 0 radical (unpaired) electrons. The van der Waals surface area contributed by atoms with Crippen molar-refractivity contribution in [1.82, 2.24) is 5.43 Å². The van der Waals surface area contributed by atoms with Crippen molar-refractivity contribution in [2.24, 2.45) is 11.3 Å². The SMILES string of the molecule is CC(C)(C)CCOCc1ccoc1C(=O)NN. The van der Waals surface area contributed by atoms with Crippen LogP contribution >= 0.6 is 0 Å². The van der Waals surface area contributed by atoms with Crippen LogP contribution in [0.3, 0.4) is 0 Å². The van der Waals surface area contributed by atoms with Crippen LogP contribution in [0.4, 0.5) is 0 Å². The summed E-state index contributed by atoms with van der Waals surface area (Å²) < 4.78 is 10.6. The van der Waals surface area contributed by atoms with Gasteiger partial charge in [-0.2, -0.15) is 0 Å². The number of nitrogens with one attached hydrogen (secondary N) is 1. The van der Waals surface area contributed by atoms with Gasteiger partial charge in [-0.15, -0.1) is 0 Å². The molecule has 0 bridgehead atoms. The van der Waals surface area contributed by atoms with Crippen molar-refractivity contribution in [2.75, 3.05) is 6.61 Å². The molecule has 96 valence electrons. The van der Waals surface area contributed by atoms with E-state index < -0.39 is 5.91 Å². The number of ether oxygens (including phenoxy) is 1. The first-order chi connectivity index (χ1) is 7.94. The number of hydrogen-bond acceptors (Lipinski definition) is 4. The molecular weight excluding hydrogens is 220 g/mol. The number of rotatable bonds is 5. The Morgan fingerprint density at radius 1 is 1.53 bits per heavy atom. The van der Waals surface area contributed by atoms with Crippen LogP contribution < -0.4 is 11.3 Å². The van der Waals surface area contributed by atoms with Crippen LogP contribution in [-0.4, -0.2) is 12.5 Å². The van der Waals surface area contributed by atoms with Gasteiger partial charge in [-0.05, 0) is 17.9 Å². The fourth-order valence-electron chi connectivity index (χ4n) is 1.27. The van der Waals surface area contributed by atoms with Gasteiger partial charge in [-0.25, -0.2) is 5.84 Å². The molecule has 1 aromatic heterocycles. The summed E-state index contributed by atoms with van der Waals surface area (Å²) >= 11 is 0. The van der Waals surface area contributed by atoms with Crippen molar-refractivity contribution in [1.29, 1.82) is 0 Å². The van der Waals surface area contributed by atoms with Crippen LogP contribution in [-0.2, 0) is 11.3 Å². The molecular formula is C12H20N2O3. The van der Waals surface area contributed by atoms with Crippen LogP contribution in [0, 0.1) is 5.41 Å². The highest BCUT2D eigenvalue weighted by Crippen LogP contribution is 2.19. The lowest BCUT2D eigenvalue weighted by Gasteiger charge is -2.17. The molecule has 1 heterocycles. The summed E-state index contributed by atoms with van der Waals surface area (Å²) in [6.45, 7) is 7.47. The molecule has 3 N–H and O–H groups in total. The molecule has 0 atom stereocenters. The van der Waals surface area contributed by atoms with E-state index in [4.69, 9.17) is 15.0 Å². The topological polar surface area (TPSA) is 77.5 Å². The maximum atomic E-state index is 11.3. The summed E-state index contributed by atoms with van der Waals surface area (Å²) in [5, 5.41) is 0. The Hall–Kier alpha value is -1.33. The van der Waals surface area contributed by atoms with E-state index in [9.17, 15) is 4.79 Å². The summed E-state index contributed by atoms with van der Waals surface area (Å²) in [7, 11) is 0. The second kappa shape index (κ2) is 5.84. The number of furan rings is 1. The zero-order valence-electron chi connectivity index (χ0n) is 10.6. The van der Waals surface area contributed by atoms with E-state index in [1.807, 2.05) is 5.43 Å². The molecule has 0 unspecified atom stereocenters. The van der Waals surface area contributed by atoms with Crippen molar-refractivity contribution in [2.45, 2.75) is 33.8 Å². The van der Waals surface area contributed by atoms with E-state index in [1.54, 1.807) is 6.07 Å². The lowest BCUT2D eigenvalue weighted by molar-refractivity contribution is 0.0872. The maximum Gasteiger partial charge on any atom is 0.301 e. The fraction of sp³-hybridized carbons (Fsp3) is 0.583. The minimum Gasteiger partial charge on any atom is -0.459 e. The second-order valence-corrected chi connectivity index (χ2v) is 5.11. The lowest BCUT2D eigenvalue weighted by atomic mass is 9.93. The van der Waals surface area contributed by atoms with E-state index in [1.165, 1.54) is 6.26 Å². The van der Waals surface area contributed by atoms with Gasteiger partial charge >= 0.3 is 5.91 Å². The van der Waals surface area contributed by atoms with Crippen LogP contribution in [0.5, 0.6) is 0 Å². The van der Waals surface area contributed by atoms with Gasteiger partial charge in [0.15, 0.2) is 5.76 Å². The van der Waals surface area contributed by atoms with E-state index in [0.29, 0.717) is 18.8 Å². The Balaban J connectivity index is 2.42. The Bertz CT molecular complexity index is 366. The van der Waals surface area contributed by atoms with Gasteiger partial charge in [0, 0.05) is 12.2 Å². The molecule has 0 fully saturated rings. The molecule has 1 amide bonds. The molecule has 17 heavy (non-hydrogen) atoms. The number of hydrogen-bond donors (Lipinski definition) is 2.